The van der Waals surface area contributed by atoms with E-state index < -0.39 is 11.7 Å². The molecule has 25 heavy (non-hydrogen) atoms. The fourth-order valence-corrected chi connectivity index (χ4v) is 2.55. The Hall–Kier alpha value is -2.83. The number of rotatable bonds is 3. The van der Waals surface area contributed by atoms with Crippen molar-refractivity contribution in [3.05, 3.63) is 47.7 Å². The fourth-order valence-electron chi connectivity index (χ4n) is 2.55. The van der Waals surface area contributed by atoms with Crippen molar-refractivity contribution in [3.8, 4) is 22.9 Å². The van der Waals surface area contributed by atoms with Gasteiger partial charge in [0.25, 0.3) is 0 Å². The van der Waals surface area contributed by atoms with Crippen LogP contribution in [-0.2, 0) is 6.18 Å². The molecule has 2 aromatic carbocycles. The van der Waals surface area contributed by atoms with Gasteiger partial charge in [-0.3, -0.25) is 0 Å². The van der Waals surface area contributed by atoms with Gasteiger partial charge in [0.1, 0.15) is 0 Å². The molecule has 0 aliphatic rings. The van der Waals surface area contributed by atoms with E-state index in [4.69, 9.17) is 9.47 Å². The second-order valence-corrected chi connectivity index (χ2v) is 5.43. The first-order valence-corrected chi connectivity index (χ1v) is 7.41. The summed E-state index contributed by atoms with van der Waals surface area (Å²) in [6.07, 6.45) is -4.37. The Balaban J connectivity index is 2.11. The van der Waals surface area contributed by atoms with Gasteiger partial charge in [-0.05, 0) is 25.1 Å². The molecule has 0 spiro atoms. The average molecular weight is 348 g/mol. The highest BCUT2D eigenvalue weighted by Crippen LogP contribution is 2.34. The number of aryl methyl sites for hydroxylation is 1. The van der Waals surface area contributed by atoms with Gasteiger partial charge < -0.3 is 9.47 Å². The first-order chi connectivity index (χ1) is 11.8. The summed E-state index contributed by atoms with van der Waals surface area (Å²) in [7, 11) is 3.06. The molecule has 0 saturated carbocycles. The number of hydrogen-bond donors (Lipinski definition) is 0. The van der Waals surface area contributed by atoms with Crippen molar-refractivity contribution >= 4 is 10.9 Å². The molecule has 0 radical (unpaired) electrons. The number of hydrogen-bond acceptors (Lipinski definition) is 4. The molecule has 0 saturated heterocycles. The number of nitrogens with zero attached hydrogens (tertiary/aromatic N) is 2. The maximum atomic E-state index is 12.7. The van der Waals surface area contributed by atoms with Crippen LogP contribution in [-0.4, -0.2) is 24.2 Å². The predicted octanol–water partition coefficient (Wildman–Crippen LogP) is 4.64. The van der Waals surface area contributed by atoms with Gasteiger partial charge in [0.2, 0.25) is 0 Å². The fraction of sp³-hybridized carbons (Fsp3) is 0.222. The number of aromatic nitrogens is 2. The van der Waals surface area contributed by atoms with Gasteiger partial charge in [0.05, 0.1) is 25.3 Å². The van der Waals surface area contributed by atoms with Gasteiger partial charge in [-0.1, -0.05) is 12.1 Å². The van der Waals surface area contributed by atoms with Crippen molar-refractivity contribution in [3.63, 3.8) is 0 Å². The van der Waals surface area contributed by atoms with Gasteiger partial charge in [0, 0.05) is 22.7 Å². The van der Waals surface area contributed by atoms with E-state index in [-0.39, 0.29) is 0 Å². The van der Waals surface area contributed by atoms with Crippen LogP contribution in [0.3, 0.4) is 0 Å². The van der Waals surface area contributed by atoms with Crippen molar-refractivity contribution in [1.29, 1.82) is 0 Å². The van der Waals surface area contributed by atoms with E-state index in [1.54, 1.807) is 12.1 Å². The Bertz CT molecular complexity index is 922. The molecule has 0 aliphatic carbocycles. The van der Waals surface area contributed by atoms with Crippen LogP contribution in [0.2, 0.25) is 0 Å². The van der Waals surface area contributed by atoms with E-state index in [9.17, 15) is 13.2 Å². The van der Waals surface area contributed by atoms with Gasteiger partial charge >= 0.3 is 6.18 Å². The number of halogens is 3. The molecule has 0 atom stereocenters. The van der Waals surface area contributed by atoms with Crippen LogP contribution in [0.15, 0.2) is 36.4 Å². The molecule has 0 N–H and O–H groups in total. The van der Waals surface area contributed by atoms with Gasteiger partial charge in [-0.25, -0.2) is 9.97 Å². The molecule has 3 rings (SSSR count). The quantitative estimate of drug-likeness (QED) is 0.692. The maximum absolute atomic E-state index is 12.7. The van der Waals surface area contributed by atoms with Crippen LogP contribution in [0, 0.1) is 6.92 Å². The summed E-state index contributed by atoms with van der Waals surface area (Å²) in [6, 6.07) is 8.27. The summed E-state index contributed by atoms with van der Waals surface area (Å²) in [6.45, 7) is 1.81. The second-order valence-electron chi connectivity index (χ2n) is 5.43. The summed E-state index contributed by atoms with van der Waals surface area (Å²) in [5, 5.41) is 0.785. The number of alkyl halides is 3. The van der Waals surface area contributed by atoms with Crippen molar-refractivity contribution in [2.45, 2.75) is 13.1 Å². The van der Waals surface area contributed by atoms with E-state index >= 15 is 0 Å². The topological polar surface area (TPSA) is 44.2 Å². The summed E-state index contributed by atoms with van der Waals surface area (Å²) in [5.74, 6) is 1.43. The zero-order chi connectivity index (χ0) is 18.2. The highest BCUT2D eigenvalue weighted by atomic mass is 19.4. The Kier molecular flexibility index (Phi) is 4.24. The Morgan fingerprint density at radius 1 is 0.880 bits per heavy atom. The van der Waals surface area contributed by atoms with Crippen molar-refractivity contribution in [2.75, 3.05) is 14.2 Å². The summed E-state index contributed by atoms with van der Waals surface area (Å²) < 4.78 is 48.6. The van der Waals surface area contributed by atoms with Crippen LogP contribution >= 0.6 is 0 Å². The molecule has 3 aromatic rings. The first kappa shape index (κ1) is 17.0. The third-order valence-electron chi connectivity index (χ3n) is 3.86. The number of methoxy groups -OCH3 is 2. The minimum absolute atomic E-state index is 0.353. The lowest BCUT2D eigenvalue weighted by atomic mass is 10.1. The smallest absolute Gasteiger partial charge is 0.416 e. The normalized spacial score (nSPS) is 11.6. The highest BCUT2D eigenvalue weighted by molar-refractivity contribution is 5.86. The van der Waals surface area contributed by atoms with Crippen LogP contribution in [0.25, 0.3) is 22.3 Å². The van der Waals surface area contributed by atoms with Crippen LogP contribution in [0.1, 0.15) is 11.3 Å². The van der Waals surface area contributed by atoms with Gasteiger partial charge in [0.15, 0.2) is 17.3 Å². The molecule has 0 fully saturated rings. The third-order valence-corrected chi connectivity index (χ3v) is 3.86. The van der Waals surface area contributed by atoms with E-state index in [1.165, 1.54) is 26.4 Å². The molecule has 0 amide bonds. The Morgan fingerprint density at radius 3 is 2.04 bits per heavy atom. The monoisotopic (exact) mass is 348 g/mol. The molecular weight excluding hydrogens is 333 g/mol. The number of ether oxygens (including phenoxy) is 2. The largest absolute Gasteiger partial charge is 0.493 e. The minimum Gasteiger partial charge on any atom is -0.493 e. The van der Waals surface area contributed by atoms with E-state index in [1.807, 2.05) is 6.92 Å². The zero-order valence-electron chi connectivity index (χ0n) is 13.8. The molecule has 0 aliphatic heterocycles. The van der Waals surface area contributed by atoms with Crippen molar-refractivity contribution in [2.24, 2.45) is 0 Å². The van der Waals surface area contributed by atoms with Crippen molar-refractivity contribution < 1.29 is 22.6 Å². The number of fused-ring (bicyclic) bond motifs is 1. The minimum atomic E-state index is -4.37. The lowest BCUT2D eigenvalue weighted by Gasteiger charge is -2.12. The Labute approximate surface area is 142 Å². The molecule has 4 nitrogen and oxygen atoms in total. The molecule has 1 aromatic heterocycles. The SMILES string of the molecule is COc1cc2nc(-c3ccc(C(F)(F)F)cc3)nc(C)c2cc1OC. The summed E-state index contributed by atoms with van der Waals surface area (Å²) in [4.78, 5) is 8.86. The molecular formula is C18H15F3N2O2. The van der Waals surface area contributed by atoms with Crippen LogP contribution < -0.4 is 9.47 Å². The molecule has 130 valence electrons. The van der Waals surface area contributed by atoms with E-state index in [2.05, 4.69) is 9.97 Å². The predicted molar refractivity (Wildman–Crippen MR) is 87.8 cm³/mol. The molecule has 0 bridgehead atoms. The van der Waals surface area contributed by atoms with Crippen LogP contribution in [0.4, 0.5) is 13.2 Å². The van der Waals surface area contributed by atoms with Crippen molar-refractivity contribution in [1.82, 2.24) is 9.97 Å². The molecule has 7 heteroatoms. The Morgan fingerprint density at radius 2 is 1.48 bits per heavy atom. The lowest BCUT2D eigenvalue weighted by molar-refractivity contribution is -0.137. The summed E-state index contributed by atoms with van der Waals surface area (Å²) in [5.41, 5.74) is 1.12. The van der Waals surface area contributed by atoms with Crippen LogP contribution in [0.5, 0.6) is 11.5 Å². The highest BCUT2D eigenvalue weighted by Gasteiger charge is 2.30. The first-order valence-electron chi connectivity index (χ1n) is 7.41. The van der Waals surface area contributed by atoms with E-state index in [0.717, 1.165) is 17.5 Å². The zero-order valence-corrected chi connectivity index (χ0v) is 13.8. The van der Waals surface area contributed by atoms with Gasteiger partial charge in [-0.2, -0.15) is 13.2 Å². The maximum Gasteiger partial charge on any atom is 0.416 e. The standard InChI is InChI=1S/C18H15F3N2O2/c1-10-13-8-15(24-2)16(25-3)9-14(13)23-17(22-10)11-4-6-12(7-5-11)18(19,20)21/h4-9H,1-3H3. The summed E-state index contributed by atoms with van der Waals surface area (Å²) >= 11 is 0. The van der Waals surface area contributed by atoms with E-state index in [0.29, 0.717) is 34.1 Å². The molecule has 0 unspecified atom stereocenters. The third kappa shape index (κ3) is 3.22. The molecule has 1 heterocycles. The number of benzene rings is 2. The average Bonchev–Trinajstić information content (AvgIpc) is 2.60. The lowest BCUT2D eigenvalue weighted by Crippen LogP contribution is -2.04. The van der Waals surface area contributed by atoms with Gasteiger partial charge in [-0.15, -0.1) is 0 Å². The second kappa shape index (κ2) is 6.23.